The van der Waals surface area contributed by atoms with Crippen LogP contribution < -0.4 is 5.32 Å². The van der Waals surface area contributed by atoms with Gasteiger partial charge in [0.15, 0.2) is 0 Å². The maximum Gasteiger partial charge on any atom is 0.317 e. The minimum absolute atomic E-state index is 0.0537. The summed E-state index contributed by atoms with van der Waals surface area (Å²) >= 11 is 0. The molecule has 7 nitrogen and oxygen atoms in total. The molecule has 0 spiro atoms. The summed E-state index contributed by atoms with van der Waals surface area (Å²) in [6, 6.07) is 9.70. The molecule has 0 saturated heterocycles. The normalized spacial score (nSPS) is 18.9. The van der Waals surface area contributed by atoms with Gasteiger partial charge in [-0.25, -0.2) is 9.48 Å². The molecule has 3 rings (SSSR count). The number of rotatable bonds is 6. The molecule has 2 atom stereocenters. The van der Waals surface area contributed by atoms with Crippen LogP contribution in [-0.2, 0) is 4.79 Å². The predicted molar refractivity (Wildman–Crippen MR) is 88.1 cm³/mol. The van der Waals surface area contributed by atoms with Gasteiger partial charge in [0, 0.05) is 31.7 Å². The Balaban J connectivity index is 1.53. The number of aliphatic carboxylic acids is 1. The number of nitrogens with zero attached hydrogens (tertiary/aromatic N) is 3. The van der Waals surface area contributed by atoms with Gasteiger partial charge in [-0.15, -0.1) is 0 Å². The molecule has 1 heterocycles. The fourth-order valence-electron chi connectivity index (χ4n) is 2.61. The quantitative estimate of drug-likeness (QED) is 0.847. The Labute approximate surface area is 139 Å². The summed E-state index contributed by atoms with van der Waals surface area (Å²) in [4.78, 5) is 24.0. The van der Waals surface area contributed by atoms with Gasteiger partial charge in [-0.3, -0.25) is 4.79 Å². The van der Waals surface area contributed by atoms with E-state index in [-0.39, 0.29) is 31.0 Å². The predicted octanol–water partition coefficient (Wildman–Crippen LogP) is 1.84. The third kappa shape index (κ3) is 3.73. The zero-order valence-electron chi connectivity index (χ0n) is 13.4. The molecule has 1 aliphatic rings. The van der Waals surface area contributed by atoms with E-state index >= 15 is 0 Å². The summed E-state index contributed by atoms with van der Waals surface area (Å²) in [5, 5.41) is 16.0. The summed E-state index contributed by atoms with van der Waals surface area (Å²) in [6.45, 7) is 0.199. The molecule has 24 heavy (non-hydrogen) atoms. The molecule has 0 radical (unpaired) electrons. The molecule has 1 aromatic carbocycles. The van der Waals surface area contributed by atoms with E-state index in [0.29, 0.717) is 0 Å². The molecule has 0 unspecified atom stereocenters. The zero-order chi connectivity index (χ0) is 17.1. The fourth-order valence-corrected chi connectivity index (χ4v) is 2.61. The number of carbonyl (C=O) groups is 2. The van der Waals surface area contributed by atoms with Crippen LogP contribution in [0.25, 0.3) is 5.69 Å². The Hall–Kier alpha value is -2.83. The lowest BCUT2D eigenvalue weighted by Gasteiger charge is -2.16. The van der Waals surface area contributed by atoms with E-state index < -0.39 is 5.97 Å². The van der Waals surface area contributed by atoms with E-state index in [4.69, 9.17) is 5.11 Å². The molecule has 1 fully saturated rings. The van der Waals surface area contributed by atoms with Crippen molar-refractivity contribution in [3.63, 3.8) is 0 Å². The Morgan fingerprint density at radius 3 is 2.83 bits per heavy atom. The van der Waals surface area contributed by atoms with Crippen molar-refractivity contribution >= 4 is 12.0 Å². The molecule has 1 saturated carbocycles. The number of urea groups is 1. The van der Waals surface area contributed by atoms with Gasteiger partial charge in [-0.2, -0.15) is 5.10 Å². The van der Waals surface area contributed by atoms with Crippen molar-refractivity contribution in [2.75, 3.05) is 13.6 Å². The van der Waals surface area contributed by atoms with Crippen molar-refractivity contribution in [2.24, 2.45) is 0 Å². The van der Waals surface area contributed by atoms with E-state index in [2.05, 4.69) is 10.4 Å². The van der Waals surface area contributed by atoms with E-state index in [1.165, 1.54) is 4.90 Å². The number of carboxylic acids is 1. The largest absolute Gasteiger partial charge is 0.481 e. The molecule has 1 aromatic heterocycles. The Kier molecular flexibility index (Phi) is 4.50. The van der Waals surface area contributed by atoms with Crippen LogP contribution in [0.1, 0.15) is 24.3 Å². The highest BCUT2D eigenvalue weighted by atomic mass is 16.4. The van der Waals surface area contributed by atoms with Crippen LogP contribution >= 0.6 is 0 Å². The first-order chi connectivity index (χ1) is 11.5. The van der Waals surface area contributed by atoms with Gasteiger partial charge >= 0.3 is 12.0 Å². The summed E-state index contributed by atoms with van der Waals surface area (Å²) in [7, 11) is 1.60. The highest BCUT2D eigenvalue weighted by Gasteiger charge is 2.40. The van der Waals surface area contributed by atoms with Crippen molar-refractivity contribution < 1.29 is 14.7 Å². The summed E-state index contributed by atoms with van der Waals surface area (Å²) in [5.41, 5.74) is 2.09. The molecule has 1 aliphatic carbocycles. The molecular formula is C17H20N4O3. The van der Waals surface area contributed by atoms with Gasteiger partial charge in [0.1, 0.15) is 0 Å². The summed E-state index contributed by atoms with van der Waals surface area (Å²) in [6.07, 6.45) is 4.64. The first-order valence-electron chi connectivity index (χ1n) is 7.88. The average molecular weight is 328 g/mol. The number of amides is 2. The monoisotopic (exact) mass is 328 g/mol. The van der Waals surface area contributed by atoms with E-state index in [0.717, 1.165) is 17.7 Å². The van der Waals surface area contributed by atoms with Crippen LogP contribution in [0.5, 0.6) is 0 Å². The molecule has 2 aromatic rings. The van der Waals surface area contributed by atoms with Gasteiger partial charge in [0.2, 0.25) is 0 Å². The molecule has 7 heteroatoms. The summed E-state index contributed by atoms with van der Waals surface area (Å²) < 4.78 is 1.82. The first-order valence-corrected chi connectivity index (χ1v) is 7.88. The third-order valence-electron chi connectivity index (χ3n) is 4.16. The second kappa shape index (κ2) is 6.74. The van der Waals surface area contributed by atoms with Crippen molar-refractivity contribution in [1.29, 1.82) is 0 Å². The standard InChI is InChI=1S/C17H20N4O3/c1-20(8-7-16(22)23)17(24)19-15-9-14(15)12-10-18-21(11-12)13-5-3-2-4-6-13/h2-6,10-11,14-15H,7-9H2,1H3,(H,19,24)(H,22,23)/t14-,15+/m0/s1. The molecule has 126 valence electrons. The third-order valence-corrected chi connectivity index (χ3v) is 4.16. The lowest BCUT2D eigenvalue weighted by Crippen LogP contribution is -2.39. The van der Waals surface area contributed by atoms with Gasteiger partial charge in [0.25, 0.3) is 0 Å². The van der Waals surface area contributed by atoms with Crippen LogP contribution in [0.15, 0.2) is 42.7 Å². The van der Waals surface area contributed by atoms with E-state index in [1.807, 2.05) is 47.4 Å². The highest BCUT2D eigenvalue weighted by Crippen LogP contribution is 2.40. The van der Waals surface area contributed by atoms with Crippen LogP contribution in [-0.4, -0.2) is 51.4 Å². The minimum atomic E-state index is -0.910. The molecule has 2 amide bonds. The molecule has 0 bridgehead atoms. The fraction of sp³-hybridized carbons (Fsp3) is 0.353. The Morgan fingerprint density at radius 1 is 1.38 bits per heavy atom. The minimum Gasteiger partial charge on any atom is -0.481 e. The SMILES string of the molecule is CN(CCC(=O)O)C(=O)N[C@@H]1C[C@H]1c1cnn(-c2ccccc2)c1. The lowest BCUT2D eigenvalue weighted by molar-refractivity contribution is -0.137. The molecular weight excluding hydrogens is 308 g/mol. The highest BCUT2D eigenvalue weighted by molar-refractivity contribution is 5.76. The number of hydrogen-bond donors (Lipinski definition) is 2. The summed E-state index contributed by atoms with van der Waals surface area (Å²) in [5.74, 6) is -0.647. The van der Waals surface area contributed by atoms with Crippen LogP contribution in [0.3, 0.4) is 0 Å². The average Bonchev–Trinajstić information content (AvgIpc) is 3.16. The van der Waals surface area contributed by atoms with Crippen molar-refractivity contribution in [1.82, 2.24) is 20.0 Å². The molecule has 0 aliphatic heterocycles. The number of nitrogens with one attached hydrogen (secondary N) is 1. The lowest BCUT2D eigenvalue weighted by atomic mass is 10.2. The van der Waals surface area contributed by atoms with Crippen molar-refractivity contribution in [2.45, 2.75) is 24.8 Å². The van der Waals surface area contributed by atoms with Crippen LogP contribution in [0.2, 0.25) is 0 Å². The van der Waals surface area contributed by atoms with Crippen molar-refractivity contribution in [3.05, 3.63) is 48.3 Å². The second-order valence-electron chi connectivity index (χ2n) is 6.02. The number of benzene rings is 1. The van der Waals surface area contributed by atoms with Crippen molar-refractivity contribution in [3.8, 4) is 5.69 Å². The number of carbonyl (C=O) groups excluding carboxylic acids is 1. The van der Waals surface area contributed by atoms with Crippen LogP contribution in [0, 0.1) is 0 Å². The number of carboxylic acid groups (broad SMARTS) is 1. The van der Waals surface area contributed by atoms with E-state index in [1.54, 1.807) is 7.05 Å². The number of para-hydroxylation sites is 1. The van der Waals surface area contributed by atoms with Gasteiger partial charge in [0.05, 0.1) is 18.3 Å². The van der Waals surface area contributed by atoms with Crippen LogP contribution in [0.4, 0.5) is 4.79 Å². The topological polar surface area (TPSA) is 87.5 Å². The second-order valence-corrected chi connectivity index (χ2v) is 6.02. The van der Waals surface area contributed by atoms with Gasteiger partial charge < -0.3 is 15.3 Å². The van der Waals surface area contributed by atoms with Gasteiger partial charge in [-0.1, -0.05) is 18.2 Å². The van der Waals surface area contributed by atoms with E-state index in [9.17, 15) is 9.59 Å². The Bertz CT molecular complexity index is 728. The number of hydrogen-bond acceptors (Lipinski definition) is 3. The zero-order valence-corrected chi connectivity index (χ0v) is 13.4. The van der Waals surface area contributed by atoms with Gasteiger partial charge in [-0.05, 0) is 24.1 Å². The smallest absolute Gasteiger partial charge is 0.317 e. The maximum atomic E-state index is 12.0. The maximum absolute atomic E-state index is 12.0. The number of aromatic nitrogens is 2. The Morgan fingerprint density at radius 2 is 2.12 bits per heavy atom. The first kappa shape index (κ1) is 16.0. The molecule has 2 N–H and O–H groups in total.